The number of aliphatic hydroxyl groups is 2. The number of hydrogen-bond acceptors (Lipinski definition) is 2. The fraction of sp³-hybridized carbons (Fsp3) is 0.871. The van der Waals surface area contributed by atoms with Crippen LogP contribution in [0.25, 0.3) is 0 Å². The molecule has 0 aromatic carbocycles. The average molecular weight is 455 g/mol. The monoisotopic (exact) mass is 454 g/mol. The minimum Gasteiger partial charge on any atom is -0.396 e. The van der Waals surface area contributed by atoms with Gasteiger partial charge in [0.05, 0.1) is 6.10 Å². The van der Waals surface area contributed by atoms with Crippen molar-refractivity contribution in [1.29, 1.82) is 0 Å². The van der Waals surface area contributed by atoms with E-state index in [9.17, 15) is 10.2 Å². The van der Waals surface area contributed by atoms with Gasteiger partial charge in [-0.2, -0.15) is 0 Å². The summed E-state index contributed by atoms with van der Waals surface area (Å²) >= 11 is 0. The van der Waals surface area contributed by atoms with Gasteiger partial charge in [-0.05, 0) is 128 Å². The van der Waals surface area contributed by atoms with E-state index in [0.29, 0.717) is 41.6 Å². The molecule has 5 rings (SSSR count). The van der Waals surface area contributed by atoms with Gasteiger partial charge in [-0.3, -0.25) is 0 Å². The van der Waals surface area contributed by atoms with E-state index in [0.717, 1.165) is 12.8 Å². The molecule has 5 aliphatic rings. The molecule has 0 aliphatic heterocycles. The predicted molar refractivity (Wildman–Crippen MR) is 137 cm³/mol. The van der Waals surface area contributed by atoms with E-state index in [-0.39, 0.29) is 27.8 Å². The summed E-state index contributed by atoms with van der Waals surface area (Å²) in [7, 11) is 0. The fourth-order valence-electron chi connectivity index (χ4n) is 11.7. The Hall–Kier alpha value is -0.600. The molecule has 5 fully saturated rings. The Kier molecular flexibility index (Phi) is 5.44. The molecular formula is C31H50O2. The van der Waals surface area contributed by atoms with Gasteiger partial charge in [-0.1, -0.05) is 45.9 Å². The van der Waals surface area contributed by atoms with Crippen molar-refractivity contribution in [2.45, 2.75) is 105 Å². The molecule has 0 radical (unpaired) electrons. The van der Waals surface area contributed by atoms with E-state index in [1.165, 1.54) is 56.9 Å². The predicted octanol–water partition coefficient (Wildman–Crippen LogP) is 7.16. The lowest BCUT2D eigenvalue weighted by atomic mass is 9.32. The number of allylic oxidation sites excluding steroid dienone is 2. The van der Waals surface area contributed by atoms with E-state index >= 15 is 0 Å². The van der Waals surface area contributed by atoms with Crippen LogP contribution in [0.4, 0.5) is 0 Å². The fourth-order valence-corrected chi connectivity index (χ4v) is 11.7. The molecule has 10 atom stereocenters. The van der Waals surface area contributed by atoms with Crippen LogP contribution in [-0.4, -0.2) is 22.9 Å². The highest BCUT2D eigenvalue weighted by atomic mass is 16.3. The topological polar surface area (TPSA) is 40.5 Å². The first-order chi connectivity index (χ1) is 15.4. The molecule has 33 heavy (non-hydrogen) atoms. The molecule has 2 nitrogen and oxygen atoms in total. The molecule has 0 heterocycles. The number of aliphatic hydroxyl groups excluding tert-OH is 2. The molecule has 0 amide bonds. The van der Waals surface area contributed by atoms with Crippen LogP contribution in [0, 0.1) is 56.7 Å². The summed E-state index contributed by atoms with van der Waals surface area (Å²) < 4.78 is 0. The molecule has 5 saturated carbocycles. The zero-order chi connectivity index (χ0) is 24.0. The van der Waals surface area contributed by atoms with Gasteiger partial charge in [0.25, 0.3) is 0 Å². The van der Waals surface area contributed by atoms with Crippen molar-refractivity contribution in [2.24, 2.45) is 56.7 Å². The summed E-state index contributed by atoms with van der Waals surface area (Å²) in [5, 5.41) is 21.6. The first-order valence-corrected chi connectivity index (χ1v) is 14.0. The quantitative estimate of drug-likeness (QED) is 0.444. The third-order valence-corrected chi connectivity index (χ3v) is 13.4. The first kappa shape index (κ1) is 24.1. The van der Waals surface area contributed by atoms with Gasteiger partial charge in [0.2, 0.25) is 0 Å². The maximum Gasteiger partial charge on any atom is 0.0594 e. The molecule has 186 valence electrons. The molecule has 0 aromatic heterocycles. The van der Waals surface area contributed by atoms with Gasteiger partial charge in [-0.25, -0.2) is 0 Å². The van der Waals surface area contributed by atoms with Gasteiger partial charge >= 0.3 is 0 Å². The Labute approximate surface area is 203 Å². The standard InChI is InChI=1S/C31H50O2/c1-8-31-18-17-30(19-32)16-11-21(20(2)3)26(30)22(31)9-10-24-28(6)14-13-25(33)27(4,5)23(28)12-15-29(24,31)7/h8,21-26,32-33H,1-2,9-19H2,3-7H3/t21-,22?,23?,24?,25-,26?,28-,29+,30+,31+/m0/s1. The summed E-state index contributed by atoms with van der Waals surface area (Å²) in [6.45, 7) is 21.5. The Balaban J connectivity index is 1.59. The van der Waals surface area contributed by atoms with Crippen molar-refractivity contribution in [1.82, 2.24) is 0 Å². The summed E-state index contributed by atoms with van der Waals surface area (Å²) in [6, 6.07) is 0. The number of hydrogen-bond donors (Lipinski definition) is 2. The summed E-state index contributed by atoms with van der Waals surface area (Å²) in [6.07, 6.45) is 14.1. The molecule has 4 unspecified atom stereocenters. The zero-order valence-electron chi connectivity index (χ0n) is 22.1. The maximum atomic E-state index is 10.9. The van der Waals surface area contributed by atoms with Gasteiger partial charge in [0, 0.05) is 6.61 Å². The Morgan fingerprint density at radius 1 is 0.909 bits per heavy atom. The third-order valence-electron chi connectivity index (χ3n) is 13.4. The van der Waals surface area contributed by atoms with Crippen LogP contribution in [0.3, 0.4) is 0 Å². The SMILES string of the molecule is C=C[C@@]12CC[C@@]3(CO)CC[C@@H](C(=C)C)C3C1CCC1[C@@]3(C)CC[C@H](O)C(C)(C)C3CC[C@]12C. The number of rotatable bonds is 3. The Morgan fingerprint density at radius 3 is 2.27 bits per heavy atom. The normalized spacial score (nSPS) is 55.0. The van der Waals surface area contributed by atoms with Crippen LogP contribution in [0.15, 0.2) is 24.8 Å². The van der Waals surface area contributed by atoms with Crippen molar-refractivity contribution < 1.29 is 10.2 Å². The molecule has 5 aliphatic carbocycles. The summed E-state index contributed by atoms with van der Waals surface area (Å²) in [5.41, 5.74) is 2.15. The largest absolute Gasteiger partial charge is 0.396 e. The highest BCUT2D eigenvalue weighted by Gasteiger charge is 2.71. The molecule has 2 heteroatoms. The van der Waals surface area contributed by atoms with E-state index < -0.39 is 0 Å². The first-order valence-electron chi connectivity index (χ1n) is 14.0. The van der Waals surface area contributed by atoms with Crippen molar-refractivity contribution >= 4 is 0 Å². The van der Waals surface area contributed by atoms with Crippen molar-refractivity contribution in [3.05, 3.63) is 24.8 Å². The van der Waals surface area contributed by atoms with Gasteiger partial charge in [-0.15, -0.1) is 6.58 Å². The molecule has 2 N–H and O–H groups in total. The van der Waals surface area contributed by atoms with Crippen molar-refractivity contribution in [2.75, 3.05) is 6.61 Å². The second kappa shape index (κ2) is 7.45. The van der Waals surface area contributed by atoms with E-state index in [1.54, 1.807) is 0 Å². The van der Waals surface area contributed by atoms with Crippen molar-refractivity contribution in [3.8, 4) is 0 Å². The second-order valence-corrected chi connectivity index (χ2v) is 14.4. The molecule has 0 bridgehead atoms. The van der Waals surface area contributed by atoms with Crippen LogP contribution in [-0.2, 0) is 0 Å². The summed E-state index contributed by atoms with van der Waals surface area (Å²) in [5.74, 6) is 3.01. The van der Waals surface area contributed by atoms with Crippen LogP contribution in [0.2, 0.25) is 0 Å². The molecule has 0 spiro atoms. The minimum absolute atomic E-state index is 0.00162. The van der Waals surface area contributed by atoms with Crippen LogP contribution in [0.1, 0.15) is 98.8 Å². The van der Waals surface area contributed by atoms with Gasteiger partial charge in [0.15, 0.2) is 0 Å². The lowest BCUT2D eigenvalue weighted by Crippen LogP contribution is -2.67. The summed E-state index contributed by atoms with van der Waals surface area (Å²) in [4.78, 5) is 0. The lowest BCUT2D eigenvalue weighted by Gasteiger charge is -2.73. The van der Waals surface area contributed by atoms with Crippen LogP contribution >= 0.6 is 0 Å². The van der Waals surface area contributed by atoms with E-state index in [4.69, 9.17) is 0 Å². The Morgan fingerprint density at radius 2 is 1.64 bits per heavy atom. The van der Waals surface area contributed by atoms with Gasteiger partial charge < -0.3 is 10.2 Å². The molecule has 0 saturated heterocycles. The van der Waals surface area contributed by atoms with Crippen LogP contribution in [0.5, 0.6) is 0 Å². The number of fused-ring (bicyclic) bond motifs is 7. The smallest absolute Gasteiger partial charge is 0.0594 e. The van der Waals surface area contributed by atoms with Crippen LogP contribution < -0.4 is 0 Å². The third kappa shape index (κ3) is 2.80. The van der Waals surface area contributed by atoms with E-state index in [1.807, 2.05) is 0 Å². The highest BCUT2D eigenvalue weighted by Crippen LogP contribution is 2.77. The highest BCUT2D eigenvalue weighted by molar-refractivity contribution is 5.25. The zero-order valence-corrected chi connectivity index (χ0v) is 22.1. The molecule has 0 aromatic rings. The molecular weight excluding hydrogens is 404 g/mol. The minimum atomic E-state index is -0.167. The lowest BCUT2D eigenvalue weighted by molar-refractivity contribution is -0.240. The van der Waals surface area contributed by atoms with E-state index in [2.05, 4.69) is 53.9 Å². The Bertz CT molecular complexity index is 829. The average Bonchev–Trinajstić information content (AvgIpc) is 3.17. The van der Waals surface area contributed by atoms with Crippen molar-refractivity contribution in [3.63, 3.8) is 0 Å². The second-order valence-electron chi connectivity index (χ2n) is 14.4. The maximum absolute atomic E-state index is 10.9. The van der Waals surface area contributed by atoms with Gasteiger partial charge in [0.1, 0.15) is 0 Å².